The van der Waals surface area contributed by atoms with Gasteiger partial charge in [0, 0.05) is 11.7 Å². The van der Waals surface area contributed by atoms with E-state index in [-0.39, 0.29) is 11.9 Å². The summed E-state index contributed by atoms with van der Waals surface area (Å²) in [6.45, 7) is 8.29. The Balaban J connectivity index is 2.00. The van der Waals surface area contributed by atoms with Crippen molar-refractivity contribution in [3.05, 3.63) is 52.5 Å². The molecule has 0 bridgehead atoms. The molecule has 0 aliphatic heterocycles. The SMILES string of the molecule is Cc1cccc(NC(=O)c2cc3sccc3n2C(C)C)c1C. The van der Waals surface area contributed by atoms with Crippen molar-refractivity contribution in [3.63, 3.8) is 0 Å². The zero-order valence-electron chi connectivity index (χ0n) is 13.3. The number of aromatic nitrogens is 1. The Labute approximate surface area is 134 Å². The molecule has 4 heteroatoms. The first-order valence-electron chi connectivity index (χ1n) is 7.45. The van der Waals surface area contributed by atoms with E-state index in [0.717, 1.165) is 27.2 Å². The second-order valence-electron chi connectivity index (χ2n) is 5.87. The van der Waals surface area contributed by atoms with Gasteiger partial charge >= 0.3 is 0 Å². The average molecular weight is 312 g/mol. The van der Waals surface area contributed by atoms with E-state index in [1.54, 1.807) is 11.3 Å². The van der Waals surface area contributed by atoms with Gasteiger partial charge in [-0.15, -0.1) is 11.3 Å². The molecule has 0 radical (unpaired) electrons. The highest BCUT2D eigenvalue weighted by Crippen LogP contribution is 2.29. The first-order valence-corrected chi connectivity index (χ1v) is 8.33. The molecule has 2 heterocycles. The summed E-state index contributed by atoms with van der Waals surface area (Å²) in [5.41, 5.74) is 5.02. The van der Waals surface area contributed by atoms with Crippen molar-refractivity contribution < 1.29 is 4.79 Å². The fraction of sp³-hybridized carbons (Fsp3) is 0.278. The van der Waals surface area contributed by atoms with Crippen LogP contribution in [0.1, 0.15) is 41.5 Å². The van der Waals surface area contributed by atoms with Crippen LogP contribution in [0.2, 0.25) is 0 Å². The molecular weight excluding hydrogens is 292 g/mol. The number of benzene rings is 1. The minimum Gasteiger partial charge on any atom is -0.333 e. The smallest absolute Gasteiger partial charge is 0.272 e. The second-order valence-corrected chi connectivity index (χ2v) is 6.81. The van der Waals surface area contributed by atoms with Crippen molar-refractivity contribution in [2.24, 2.45) is 0 Å². The third-order valence-corrected chi connectivity index (χ3v) is 4.92. The second kappa shape index (κ2) is 5.61. The number of nitrogens with zero attached hydrogens (tertiary/aromatic N) is 1. The average Bonchev–Trinajstić information content (AvgIpc) is 3.03. The summed E-state index contributed by atoms with van der Waals surface area (Å²) in [5.74, 6) is -0.0502. The summed E-state index contributed by atoms with van der Waals surface area (Å²) in [5, 5.41) is 5.12. The molecule has 0 aliphatic carbocycles. The van der Waals surface area contributed by atoms with Gasteiger partial charge in [-0.1, -0.05) is 12.1 Å². The van der Waals surface area contributed by atoms with Gasteiger partial charge in [0.1, 0.15) is 5.69 Å². The summed E-state index contributed by atoms with van der Waals surface area (Å²) >= 11 is 1.67. The highest BCUT2D eigenvalue weighted by atomic mass is 32.1. The predicted octanol–water partition coefficient (Wildman–Crippen LogP) is 5.15. The summed E-state index contributed by atoms with van der Waals surface area (Å²) in [7, 11) is 0. The van der Waals surface area contributed by atoms with E-state index in [0.29, 0.717) is 0 Å². The molecule has 0 aliphatic rings. The van der Waals surface area contributed by atoms with Crippen molar-refractivity contribution in [3.8, 4) is 0 Å². The van der Waals surface area contributed by atoms with Crippen LogP contribution < -0.4 is 5.32 Å². The summed E-state index contributed by atoms with van der Waals surface area (Å²) in [6, 6.07) is 10.3. The molecule has 3 nitrogen and oxygen atoms in total. The lowest BCUT2D eigenvalue weighted by Crippen LogP contribution is -2.18. The number of carbonyl (C=O) groups is 1. The van der Waals surface area contributed by atoms with Crippen molar-refractivity contribution in [1.82, 2.24) is 4.57 Å². The maximum atomic E-state index is 12.7. The number of rotatable bonds is 3. The molecule has 22 heavy (non-hydrogen) atoms. The molecule has 0 unspecified atom stereocenters. The Morgan fingerprint density at radius 1 is 1.23 bits per heavy atom. The van der Waals surface area contributed by atoms with E-state index >= 15 is 0 Å². The van der Waals surface area contributed by atoms with E-state index < -0.39 is 0 Å². The van der Waals surface area contributed by atoms with Crippen LogP contribution in [0, 0.1) is 13.8 Å². The fourth-order valence-electron chi connectivity index (χ4n) is 2.75. The lowest BCUT2D eigenvalue weighted by atomic mass is 10.1. The fourth-order valence-corrected chi connectivity index (χ4v) is 3.56. The number of aryl methyl sites for hydroxylation is 1. The molecule has 114 valence electrons. The minimum atomic E-state index is -0.0502. The third-order valence-electron chi connectivity index (χ3n) is 4.06. The van der Waals surface area contributed by atoms with Gasteiger partial charge in [0.2, 0.25) is 0 Å². The van der Waals surface area contributed by atoms with Crippen LogP contribution in [0.5, 0.6) is 0 Å². The largest absolute Gasteiger partial charge is 0.333 e. The van der Waals surface area contributed by atoms with Gasteiger partial charge in [0.05, 0.1) is 10.2 Å². The number of hydrogen-bond donors (Lipinski definition) is 1. The molecule has 0 atom stereocenters. The van der Waals surface area contributed by atoms with Crippen molar-refractivity contribution in [2.45, 2.75) is 33.7 Å². The van der Waals surface area contributed by atoms with Crippen LogP contribution in [-0.2, 0) is 0 Å². The number of thiophene rings is 1. The van der Waals surface area contributed by atoms with Gasteiger partial charge in [-0.3, -0.25) is 4.79 Å². The maximum absolute atomic E-state index is 12.7. The standard InChI is InChI=1S/C18H20N2OS/c1-11(2)20-15-8-9-22-17(15)10-16(20)18(21)19-14-7-5-6-12(3)13(14)4/h5-11H,1-4H3,(H,19,21). The zero-order valence-corrected chi connectivity index (χ0v) is 14.1. The number of nitrogens with one attached hydrogen (secondary N) is 1. The lowest BCUT2D eigenvalue weighted by Gasteiger charge is -2.15. The van der Waals surface area contributed by atoms with Crippen molar-refractivity contribution in [1.29, 1.82) is 0 Å². The third kappa shape index (κ3) is 2.44. The van der Waals surface area contributed by atoms with Crippen molar-refractivity contribution in [2.75, 3.05) is 5.32 Å². The summed E-state index contributed by atoms with van der Waals surface area (Å²) in [4.78, 5) is 12.7. The number of fused-ring (bicyclic) bond motifs is 1. The highest BCUT2D eigenvalue weighted by molar-refractivity contribution is 7.17. The van der Waals surface area contributed by atoms with Crippen LogP contribution in [0.3, 0.4) is 0 Å². The van der Waals surface area contributed by atoms with Crippen LogP contribution >= 0.6 is 11.3 Å². The van der Waals surface area contributed by atoms with Gasteiger partial charge in [-0.05, 0) is 62.4 Å². The Bertz CT molecular complexity index is 842. The molecule has 0 spiro atoms. The molecule has 1 amide bonds. The topological polar surface area (TPSA) is 34.0 Å². The van der Waals surface area contributed by atoms with Gasteiger partial charge in [-0.25, -0.2) is 0 Å². The van der Waals surface area contributed by atoms with Crippen molar-refractivity contribution >= 4 is 33.1 Å². The molecule has 0 fully saturated rings. The molecule has 3 rings (SSSR count). The molecule has 3 aromatic rings. The Hall–Kier alpha value is -2.07. The molecular formula is C18H20N2OS. The van der Waals surface area contributed by atoms with Crippen LogP contribution in [-0.4, -0.2) is 10.5 Å². The Morgan fingerprint density at radius 3 is 2.73 bits per heavy atom. The van der Waals surface area contributed by atoms with E-state index in [1.807, 2.05) is 25.1 Å². The van der Waals surface area contributed by atoms with Crippen LogP contribution in [0.15, 0.2) is 35.7 Å². The summed E-state index contributed by atoms with van der Waals surface area (Å²) < 4.78 is 3.26. The van der Waals surface area contributed by atoms with Gasteiger partial charge in [0.15, 0.2) is 0 Å². The molecule has 0 saturated heterocycles. The summed E-state index contributed by atoms with van der Waals surface area (Å²) in [6.07, 6.45) is 0. The zero-order chi connectivity index (χ0) is 15.9. The quantitative estimate of drug-likeness (QED) is 0.712. The number of amides is 1. The first kappa shape index (κ1) is 14.9. The Morgan fingerprint density at radius 2 is 2.00 bits per heavy atom. The van der Waals surface area contributed by atoms with E-state index in [4.69, 9.17) is 0 Å². The van der Waals surface area contributed by atoms with Gasteiger partial charge < -0.3 is 9.88 Å². The van der Waals surface area contributed by atoms with E-state index in [9.17, 15) is 4.79 Å². The first-order chi connectivity index (χ1) is 10.5. The van der Waals surface area contributed by atoms with E-state index in [1.165, 1.54) is 5.56 Å². The van der Waals surface area contributed by atoms with Crippen LogP contribution in [0.25, 0.3) is 10.2 Å². The predicted molar refractivity (Wildman–Crippen MR) is 94.1 cm³/mol. The number of anilines is 1. The lowest BCUT2D eigenvalue weighted by molar-refractivity contribution is 0.101. The molecule has 2 aromatic heterocycles. The van der Waals surface area contributed by atoms with Gasteiger partial charge in [0.25, 0.3) is 5.91 Å². The number of carbonyl (C=O) groups excluding carboxylic acids is 1. The minimum absolute atomic E-state index is 0.0502. The molecule has 0 saturated carbocycles. The maximum Gasteiger partial charge on any atom is 0.272 e. The van der Waals surface area contributed by atoms with Crippen LogP contribution in [0.4, 0.5) is 5.69 Å². The van der Waals surface area contributed by atoms with Gasteiger partial charge in [-0.2, -0.15) is 0 Å². The number of hydrogen-bond acceptors (Lipinski definition) is 2. The monoisotopic (exact) mass is 312 g/mol. The molecule has 1 N–H and O–H groups in total. The highest BCUT2D eigenvalue weighted by Gasteiger charge is 2.18. The Kier molecular flexibility index (Phi) is 3.79. The normalized spacial score (nSPS) is 11.3. The van der Waals surface area contributed by atoms with E-state index in [2.05, 4.69) is 48.2 Å². The molecule has 1 aromatic carbocycles.